The Morgan fingerprint density at radius 1 is 0.163 bits per heavy atom. The van der Waals surface area contributed by atoms with Gasteiger partial charge in [0.1, 0.15) is 0 Å². The summed E-state index contributed by atoms with van der Waals surface area (Å²) >= 11 is 3.78. The molecule has 0 spiro atoms. The SMILES string of the molecule is c1ccc(-c2ccc(-c3cc(-c4nc(-c5ccccc5)nc(-c5ccccc5)n4)cc(-c4cccc5c4sc4cc(-c6cc(-c7ccc(-c8ccccc8)cc7)c7sc8c(-c9ccc%10c%11ccccc%11c%11ccccc%11c%10c9)cccc8c7c6)ccc45)c3)cc2)cc1. The fourth-order valence-corrected chi connectivity index (χ4v) is 16.4. The number of hydrogen-bond donors (Lipinski definition) is 0. The Kier molecular flexibility index (Phi) is 12.9. The normalized spacial score (nSPS) is 11.7. The molecule has 0 amide bonds. The first-order chi connectivity index (χ1) is 45.6. The van der Waals surface area contributed by atoms with Crippen LogP contribution in [-0.4, -0.2) is 15.0 Å². The second-order valence-electron chi connectivity index (χ2n) is 23.8. The zero-order valence-electron chi connectivity index (χ0n) is 49.8. The summed E-state index contributed by atoms with van der Waals surface area (Å²) in [6.45, 7) is 0. The lowest BCUT2D eigenvalue weighted by molar-refractivity contribution is 1.07. The highest BCUT2D eigenvalue weighted by Crippen LogP contribution is 2.49. The Morgan fingerprint density at radius 2 is 0.522 bits per heavy atom. The van der Waals surface area contributed by atoms with E-state index in [2.05, 4.69) is 285 Å². The van der Waals surface area contributed by atoms with Crippen molar-refractivity contribution in [2.24, 2.45) is 0 Å². The van der Waals surface area contributed by atoms with Gasteiger partial charge in [-0.2, -0.15) is 0 Å². The van der Waals surface area contributed by atoms with E-state index < -0.39 is 0 Å². The van der Waals surface area contributed by atoms with Crippen LogP contribution >= 0.6 is 22.7 Å². The van der Waals surface area contributed by atoms with Crippen molar-refractivity contribution in [2.45, 2.75) is 0 Å². The van der Waals surface area contributed by atoms with E-state index in [0.29, 0.717) is 17.5 Å². The van der Waals surface area contributed by atoms with Gasteiger partial charge in [-0.15, -0.1) is 22.7 Å². The smallest absolute Gasteiger partial charge is 0.164 e. The molecule has 0 bridgehead atoms. The van der Waals surface area contributed by atoms with Crippen LogP contribution in [0.2, 0.25) is 0 Å². The molecule has 0 saturated carbocycles. The number of nitrogens with zero attached hydrogens (tertiary/aromatic N) is 3. The summed E-state index contributed by atoms with van der Waals surface area (Å²) in [5, 5.41) is 12.7. The van der Waals surface area contributed by atoms with Crippen LogP contribution in [0.1, 0.15) is 0 Å². The molecule has 15 aromatic carbocycles. The van der Waals surface area contributed by atoms with Gasteiger partial charge in [-0.3, -0.25) is 0 Å². The molecule has 18 rings (SSSR count). The monoisotopic (exact) mass is 1200 g/mol. The van der Waals surface area contributed by atoms with Gasteiger partial charge in [-0.1, -0.05) is 279 Å². The molecule has 5 heteroatoms. The van der Waals surface area contributed by atoms with Crippen molar-refractivity contribution in [3.8, 4) is 112 Å². The molecular weight excluding hydrogens is 1150 g/mol. The van der Waals surface area contributed by atoms with E-state index in [1.807, 2.05) is 59.1 Å². The zero-order valence-corrected chi connectivity index (χ0v) is 51.4. The van der Waals surface area contributed by atoms with E-state index in [1.54, 1.807) is 0 Å². The van der Waals surface area contributed by atoms with E-state index in [0.717, 1.165) is 38.9 Å². The number of fused-ring (bicyclic) bond motifs is 12. The van der Waals surface area contributed by atoms with Gasteiger partial charge in [0, 0.05) is 62.6 Å². The Morgan fingerprint density at radius 3 is 1.10 bits per heavy atom. The van der Waals surface area contributed by atoms with Crippen LogP contribution < -0.4 is 0 Å². The number of benzene rings is 15. The first kappa shape index (κ1) is 53.5. The largest absolute Gasteiger partial charge is 0.208 e. The predicted molar refractivity (Wildman–Crippen MR) is 392 cm³/mol. The average Bonchev–Trinajstić information content (AvgIpc) is 1.51. The number of aromatic nitrogens is 3. The second-order valence-corrected chi connectivity index (χ2v) is 25.8. The standard InChI is InChI=1S/C87H53N3S2/c1-5-19-54(20-6-1)56-35-37-58(38-36-56)64-47-66(49-67(48-64)87-89-85(60-23-9-3-10-24-60)88-86(90-87)61-25-11-4-12-26-61)69-32-18-33-76-75-46-43-62(53-81(75)91-82(69)76)65-51-78(59-41-39-57(40-42-59)55-21-7-2-8-22-55)84-80(52-65)77-34-17-31-68(83(77)92-84)63-44-45-74-72-29-14-13-27-70(72)71-28-15-16-30-73(71)79(74)50-63/h1-53H. The molecule has 0 aliphatic heterocycles. The van der Waals surface area contributed by atoms with E-state index in [1.165, 1.54) is 128 Å². The Labute approximate surface area is 540 Å². The summed E-state index contributed by atoms with van der Waals surface area (Å²) in [6, 6.07) is 117. The van der Waals surface area contributed by atoms with Crippen molar-refractivity contribution < 1.29 is 0 Å². The highest BCUT2D eigenvalue weighted by atomic mass is 32.1. The number of thiophene rings is 2. The van der Waals surface area contributed by atoms with Crippen molar-refractivity contribution in [3.05, 3.63) is 322 Å². The fourth-order valence-electron chi connectivity index (χ4n) is 13.8. The lowest BCUT2D eigenvalue weighted by Gasteiger charge is -2.13. The van der Waals surface area contributed by atoms with Gasteiger partial charge in [-0.25, -0.2) is 15.0 Å². The lowest BCUT2D eigenvalue weighted by atomic mass is 9.91. The van der Waals surface area contributed by atoms with E-state index >= 15 is 0 Å². The number of rotatable bonds is 10. The van der Waals surface area contributed by atoms with E-state index in [-0.39, 0.29) is 0 Å². The maximum absolute atomic E-state index is 5.26. The summed E-state index contributed by atoms with van der Waals surface area (Å²) in [4.78, 5) is 15.6. The summed E-state index contributed by atoms with van der Waals surface area (Å²) in [5.74, 6) is 1.87. The highest BCUT2D eigenvalue weighted by Gasteiger charge is 2.21. The fraction of sp³-hybridized carbons (Fsp3) is 0. The Hall–Kier alpha value is -11.5. The van der Waals surface area contributed by atoms with Crippen molar-refractivity contribution in [1.82, 2.24) is 15.0 Å². The number of hydrogen-bond acceptors (Lipinski definition) is 5. The van der Waals surface area contributed by atoms with Gasteiger partial charge in [0.2, 0.25) is 0 Å². The molecule has 0 aliphatic carbocycles. The van der Waals surface area contributed by atoms with Gasteiger partial charge in [0.25, 0.3) is 0 Å². The van der Waals surface area contributed by atoms with Crippen molar-refractivity contribution >= 4 is 95.3 Å². The first-order valence-electron chi connectivity index (χ1n) is 31.2. The Balaban J connectivity index is 0.793. The van der Waals surface area contributed by atoms with Crippen LogP contribution in [0, 0.1) is 0 Å². The minimum Gasteiger partial charge on any atom is -0.208 e. The minimum atomic E-state index is 0.615. The van der Waals surface area contributed by atoms with Crippen molar-refractivity contribution in [3.63, 3.8) is 0 Å². The lowest BCUT2D eigenvalue weighted by Crippen LogP contribution is -2.00. The third-order valence-electron chi connectivity index (χ3n) is 18.3. The molecule has 92 heavy (non-hydrogen) atoms. The topological polar surface area (TPSA) is 38.7 Å². The molecule has 0 N–H and O–H groups in total. The van der Waals surface area contributed by atoms with Gasteiger partial charge < -0.3 is 0 Å². The average molecular weight is 1200 g/mol. The van der Waals surface area contributed by atoms with Gasteiger partial charge in [0.05, 0.1) is 0 Å². The van der Waals surface area contributed by atoms with Crippen LogP contribution in [0.25, 0.3) is 185 Å². The van der Waals surface area contributed by atoms with Crippen LogP contribution in [0.15, 0.2) is 322 Å². The Bertz CT molecular complexity index is 5810. The molecule has 3 nitrogen and oxygen atoms in total. The minimum absolute atomic E-state index is 0.615. The molecule has 0 atom stereocenters. The molecular formula is C87H53N3S2. The van der Waals surface area contributed by atoms with Crippen molar-refractivity contribution in [1.29, 1.82) is 0 Å². The molecule has 0 unspecified atom stereocenters. The summed E-state index contributed by atoms with van der Waals surface area (Å²) in [6.07, 6.45) is 0. The third-order valence-corrected chi connectivity index (χ3v) is 20.8. The van der Waals surface area contributed by atoms with Crippen LogP contribution in [0.3, 0.4) is 0 Å². The van der Waals surface area contributed by atoms with Gasteiger partial charge >= 0.3 is 0 Å². The summed E-state index contributed by atoms with van der Waals surface area (Å²) in [5.41, 5.74) is 19.2. The molecule has 428 valence electrons. The first-order valence-corrected chi connectivity index (χ1v) is 32.8. The van der Waals surface area contributed by atoms with Gasteiger partial charge in [0.15, 0.2) is 17.5 Å². The van der Waals surface area contributed by atoms with Crippen LogP contribution in [0.5, 0.6) is 0 Å². The maximum Gasteiger partial charge on any atom is 0.164 e. The quantitative estimate of drug-likeness (QED) is 0.128. The molecule has 0 aliphatic rings. The van der Waals surface area contributed by atoms with Crippen LogP contribution in [-0.2, 0) is 0 Å². The van der Waals surface area contributed by atoms with Crippen molar-refractivity contribution in [2.75, 3.05) is 0 Å². The molecule has 0 fully saturated rings. The highest BCUT2D eigenvalue weighted by molar-refractivity contribution is 7.27. The molecule has 3 heterocycles. The van der Waals surface area contributed by atoms with E-state index in [9.17, 15) is 0 Å². The maximum atomic E-state index is 5.26. The van der Waals surface area contributed by atoms with Gasteiger partial charge in [-0.05, 0) is 147 Å². The van der Waals surface area contributed by atoms with E-state index in [4.69, 9.17) is 15.0 Å². The predicted octanol–water partition coefficient (Wildman–Crippen LogP) is 24.7. The molecule has 0 radical (unpaired) electrons. The molecule has 18 aromatic rings. The summed E-state index contributed by atoms with van der Waals surface area (Å²) < 4.78 is 5.04. The molecule has 3 aromatic heterocycles. The molecule has 0 saturated heterocycles. The zero-order chi connectivity index (χ0) is 60.6. The third kappa shape index (κ3) is 9.36. The second kappa shape index (κ2) is 22.2. The summed E-state index contributed by atoms with van der Waals surface area (Å²) in [7, 11) is 0. The van der Waals surface area contributed by atoms with Crippen LogP contribution in [0.4, 0.5) is 0 Å².